The topological polar surface area (TPSA) is 75.4 Å². The average Bonchev–Trinajstić information content (AvgIpc) is 2.50. The Morgan fingerprint density at radius 3 is 2.18 bits per heavy atom. The van der Waals surface area contributed by atoms with E-state index in [0.29, 0.717) is 12.5 Å². The van der Waals surface area contributed by atoms with E-state index >= 15 is 0 Å². The second-order valence-corrected chi connectivity index (χ2v) is 6.13. The zero-order valence-electron chi connectivity index (χ0n) is 15.0. The highest BCUT2D eigenvalue weighted by molar-refractivity contribution is 5.88. The Balaban J connectivity index is 4.70. The average molecular weight is 313 g/mol. The van der Waals surface area contributed by atoms with Gasteiger partial charge in [0, 0.05) is 6.04 Å². The van der Waals surface area contributed by atoms with E-state index in [9.17, 15) is 9.59 Å². The lowest BCUT2D eigenvalue weighted by molar-refractivity contribution is -0.131. The Kier molecular flexibility index (Phi) is 10.9. The molecule has 0 spiro atoms. The maximum Gasteiger partial charge on any atom is 0.240 e. The minimum atomic E-state index is -0.554. The molecule has 0 bridgehead atoms. The number of carbonyl (C=O) groups excluding carboxylic acids is 2. The predicted octanol–water partition coefficient (Wildman–Crippen LogP) is 2.44. The van der Waals surface area contributed by atoms with E-state index in [0.717, 1.165) is 38.6 Å². The third kappa shape index (κ3) is 7.25. The third-order valence-corrected chi connectivity index (χ3v) is 4.27. The van der Waals surface area contributed by atoms with E-state index in [2.05, 4.69) is 37.9 Å². The van der Waals surface area contributed by atoms with Gasteiger partial charge in [-0.3, -0.25) is 14.5 Å². The Morgan fingerprint density at radius 1 is 1.09 bits per heavy atom. The number of primary amides is 1. The number of hydrogen-bond donors (Lipinski definition) is 2. The summed E-state index contributed by atoms with van der Waals surface area (Å²) in [5, 5.41) is 2.84. The van der Waals surface area contributed by atoms with Crippen LogP contribution in [-0.4, -0.2) is 41.4 Å². The fourth-order valence-electron chi connectivity index (χ4n) is 2.62. The predicted molar refractivity (Wildman–Crippen MR) is 91.5 cm³/mol. The quantitative estimate of drug-likeness (QED) is 0.543. The molecular weight excluding hydrogens is 278 g/mol. The monoisotopic (exact) mass is 313 g/mol. The van der Waals surface area contributed by atoms with E-state index in [4.69, 9.17) is 5.73 Å². The van der Waals surface area contributed by atoms with Crippen LogP contribution in [0.3, 0.4) is 0 Å². The summed E-state index contributed by atoms with van der Waals surface area (Å²) in [5.74, 6) is -0.545. The van der Waals surface area contributed by atoms with Gasteiger partial charge < -0.3 is 11.1 Å². The van der Waals surface area contributed by atoms with Crippen LogP contribution in [0.4, 0.5) is 0 Å². The normalized spacial score (nSPS) is 15.4. The van der Waals surface area contributed by atoms with Gasteiger partial charge in [0.15, 0.2) is 0 Å². The summed E-state index contributed by atoms with van der Waals surface area (Å²) in [4.78, 5) is 26.2. The largest absolute Gasteiger partial charge is 0.368 e. The highest BCUT2D eigenvalue weighted by Gasteiger charge is 2.27. The van der Waals surface area contributed by atoms with Crippen molar-refractivity contribution in [2.75, 3.05) is 6.54 Å². The summed E-state index contributed by atoms with van der Waals surface area (Å²) in [6.45, 7) is 11.2. The van der Waals surface area contributed by atoms with E-state index in [1.165, 1.54) is 0 Å². The molecule has 5 nitrogen and oxygen atoms in total. The zero-order valence-corrected chi connectivity index (χ0v) is 15.0. The molecule has 5 heteroatoms. The molecule has 130 valence electrons. The molecule has 0 rings (SSSR count). The van der Waals surface area contributed by atoms with Crippen molar-refractivity contribution in [3.8, 4) is 0 Å². The summed E-state index contributed by atoms with van der Waals surface area (Å²) >= 11 is 0. The van der Waals surface area contributed by atoms with Gasteiger partial charge in [-0.2, -0.15) is 0 Å². The summed E-state index contributed by atoms with van der Waals surface area (Å²) in [6, 6.07) is -0.461. The molecule has 22 heavy (non-hydrogen) atoms. The molecule has 0 aliphatic carbocycles. The van der Waals surface area contributed by atoms with Crippen LogP contribution in [0.5, 0.6) is 0 Å². The minimum Gasteiger partial charge on any atom is -0.368 e. The zero-order chi connectivity index (χ0) is 17.1. The van der Waals surface area contributed by atoms with Crippen molar-refractivity contribution in [2.24, 2.45) is 5.73 Å². The second-order valence-electron chi connectivity index (χ2n) is 6.13. The molecule has 0 saturated carbocycles. The lowest BCUT2D eigenvalue weighted by Gasteiger charge is -2.33. The van der Waals surface area contributed by atoms with Gasteiger partial charge in [0.25, 0.3) is 0 Å². The van der Waals surface area contributed by atoms with Crippen LogP contribution < -0.4 is 11.1 Å². The van der Waals surface area contributed by atoms with Crippen molar-refractivity contribution in [1.82, 2.24) is 10.2 Å². The summed E-state index contributed by atoms with van der Waals surface area (Å²) in [7, 11) is 0. The van der Waals surface area contributed by atoms with Gasteiger partial charge >= 0.3 is 0 Å². The number of unbranched alkanes of at least 4 members (excludes halogenated alkanes) is 2. The molecule has 0 fully saturated rings. The molecule has 0 saturated heterocycles. The number of nitrogens with one attached hydrogen (secondary N) is 1. The van der Waals surface area contributed by atoms with Crippen molar-refractivity contribution in [1.29, 1.82) is 0 Å². The Hall–Kier alpha value is -1.10. The number of amides is 2. The van der Waals surface area contributed by atoms with Crippen LogP contribution >= 0.6 is 0 Å². The summed E-state index contributed by atoms with van der Waals surface area (Å²) in [5.41, 5.74) is 5.42. The van der Waals surface area contributed by atoms with Crippen molar-refractivity contribution in [2.45, 2.75) is 91.3 Å². The maximum atomic E-state index is 12.5. The van der Waals surface area contributed by atoms with Gasteiger partial charge in [-0.05, 0) is 39.7 Å². The van der Waals surface area contributed by atoms with Crippen LogP contribution in [0.25, 0.3) is 0 Å². The molecule has 3 atom stereocenters. The fraction of sp³-hybridized carbons (Fsp3) is 0.882. The smallest absolute Gasteiger partial charge is 0.240 e. The number of rotatable bonds is 12. The van der Waals surface area contributed by atoms with E-state index in [-0.39, 0.29) is 11.9 Å². The minimum absolute atomic E-state index is 0.103. The molecule has 0 heterocycles. The molecule has 0 aliphatic heterocycles. The standard InChI is InChI=1S/C17H35N3O2/c1-6-9-10-11-15(16(18)21)19-17(22)14(5)20(12-7-2)13(4)8-3/h13-15H,6-12H2,1-5H3,(H2,18,21)(H,19,22). The SMILES string of the molecule is CCCCCC(NC(=O)C(C)N(CCC)C(C)CC)C(N)=O. The molecule has 0 aromatic heterocycles. The van der Waals surface area contributed by atoms with Crippen LogP contribution in [0, 0.1) is 0 Å². The second kappa shape index (κ2) is 11.5. The number of nitrogens with two attached hydrogens (primary N) is 1. The third-order valence-electron chi connectivity index (χ3n) is 4.27. The first-order valence-corrected chi connectivity index (χ1v) is 8.74. The van der Waals surface area contributed by atoms with Gasteiger partial charge in [-0.25, -0.2) is 0 Å². The molecule has 0 aliphatic rings. The van der Waals surface area contributed by atoms with Crippen LogP contribution in [0.15, 0.2) is 0 Å². The fourth-order valence-corrected chi connectivity index (χ4v) is 2.62. The molecule has 0 aromatic rings. The van der Waals surface area contributed by atoms with Gasteiger partial charge in [0.05, 0.1) is 6.04 Å². The van der Waals surface area contributed by atoms with Crippen molar-refractivity contribution in [3.63, 3.8) is 0 Å². The van der Waals surface area contributed by atoms with Crippen molar-refractivity contribution < 1.29 is 9.59 Å². The van der Waals surface area contributed by atoms with E-state index < -0.39 is 11.9 Å². The lowest BCUT2D eigenvalue weighted by atomic mass is 10.1. The first-order valence-electron chi connectivity index (χ1n) is 8.74. The molecular formula is C17H35N3O2. The van der Waals surface area contributed by atoms with Gasteiger partial charge in [0.1, 0.15) is 6.04 Å². The van der Waals surface area contributed by atoms with Crippen LogP contribution in [0.1, 0.15) is 73.1 Å². The maximum absolute atomic E-state index is 12.5. The van der Waals surface area contributed by atoms with Crippen molar-refractivity contribution in [3.05, 3.63) is 0 Å². The summed E-state index contributed by atoms with van der Waals surface area (Å²) in [6.07, 6.45) is 5.64. The molecule has 0 radical (unpaired) electrons. The number of hydrogen-bond acceptors (Lipinski definition) is 3. The van der Waals surface area contributed by atoms with Crippen LogP contribution in [0.2, 0.25) is 0 Å². The Morgan fingerprint density at radius 2 is 1.73 bits per heavy atom. The first-order chi connectivity index (χ1) is 10.4. The van der Waals surface area contributed by atoms with E-state index in [1.807, 2.05) is 6.92 Å². The highest BCUT2D eigenvalue weighted by atomic mass is 16.2. The van der Waals surface area contributed by atoms with Gasteiger partial charge in [0.2, 0.25) is 11.8 Å². The number of carbonyl (C=O) groups is 2. The van der Waals surface area contributed by atoms with E-state index in [1.54, 1.807) is 0 Å². The highest BCUT2D eigenvalue weighted by Crippen LogP contribution is 2.11. The van der Waals surface area contributed by atoms with Gasteiger partial charge in [-0.1, -0.05) is 40.0 Å². The molecule has 2 amide bonds. The summed E-state index contributed by atoms with van der Waals surface area (Å²) < 4.78 is 0. The first kappa shape index (κ1) is 20.9. The van der Waals surface area contributed by atoms with Crippen LogP contribution in [-0.2, 0) is 9.59 Å². The molecule has 3 unspecified atom stereocenters. The number of nitrogens with zero attached hydrogens (tertiary/aromatic N) is 1. The van der Waals surface area contributed by atoms with Crippen molar-refractivity contribution >= 4 is 11.8 Å². The van der Waals surface area contributed by atoms with Gasteiger partial charge in [-0.15, -0.1) is 0 Å². The molecule has 3 N–H and O–H groups in total. The lowest BCUT2D eigenvalue weighted by Crippen LogP contribution is -2.53. The Labute approximate surface area is 136 Å². The molecule has 0 aromatic carbocycles. The Bertz CT molecular complexity index is 334.